The normalized spacial score (nSPS) is 16.4. The maximum atomic E-state index is 12.8. The third-order valence-electron chi connectivity index (χ3n) is 4.58. The number of carbonyl (C=O) groups excluding carboxylic acids is 1. The van der Waals surface area contributed by atoms with Crippen molar-refractivity contribution >= 4 is 44.8 Å². The first-order valence-corrected chi connectivity index (χ1v) is 10.6. The number of halogens is 2. The molecule has 10 heteroatoms. The van der Waals surface area contributed by atoms with E-state index < -0.39 is 10.0 Å². The first kappa shape index (κ1) is 20.1. The van der Waals surface area contributed by atoms with Crippen LogP contribution in [-0.2, 0) is 14.8 Å². The van der Waals surface area contributed by atoms with Gasteiger partial charge in [0.1, 0.15) is 10.6 Å². The minimum absolute atomic E-state index is 0.112. The van der Waals surface area contributed by atoms with E-state index in [4.69, 9.17) is 27.7 Å². The fourth-order valence-corrected chi connectivity index (χ4v) is 5.21. The smallest absolute Gasteiger partial charge is 0.248 e. The molecular formula is C17H19Cl2N3O4S. The van der Waals surface area contributed by atoms with E-state index in [2.05, 4.69) is 10.5 Å². The van der Waals surface area contributed by atoms with Crippen LogP contribution in [0.5, 0.6) is 0 Å². The van der Waals surface area contributed by atoms with Gasteiger partial charge in [-0.1, -0.05) is 28.4 Å². The molecule has 0 unspecified atom stereocenters. The number of piperidine rings is 1. The highest BCUT2D eigenvalue weighted by molar-refractivity contribution is 7.89. The molecule has 1 N–H and O–H groups in total. The first-order chi connectivity index (χ1) is 12.7. The number of amides is 1. The number of nitrogens with one attached hydrogen (secondary N) is 1. The highest BCUT2D eigenvalue weighted by Gasteiger charge is 2.35. The zero-order chi connectivity index (χ0) is 19.8. The van der Waals surface area contributed by atoms with Crippen molar-refractivity contribution in [3.8, 4) is 0 Å². The molecule has 0 radical (unpaired) electrons. The van der Waals surface area contributed by atoms with E-state index >= 15 is 0 Å². The summed E-state index contributed by atoms with van der Waals surface area (Å²) in [5.74, 6) is -0.176. The third kappa shape index (κ3) is 4.13. The predicted molar refractivity (Wildman–Crippen MR) is 103 cm³/mol. The monoisotopic (exact) mass is 431 g/mol. The van der Waals surface area contributed by atoms with Gasteiger partial charge >= 0.3 is 0 Å². The summed E-state index contributed by atoms with van der Waals surface area (Å²) in [6, 6.07) is 4.86. The summed E-state index contributed by atoms with van der Waals surface area (Å²) >= 11 is 11.8. The van der Waals surface area contributed by atoms with Gasteiger partial charge in [-0.15, -0.1) is 0 Å². The largest absolute Gasteiger partial charge is 0.360 e. The lowest BCUT2D eigenvalue weighted by atomic mass is 9.97. The van der Waals surface area contributed by atoms with Gasteiger partial charge in [0.15, 0.2) is 5.76 Å². The number of aromatic nitrogens is 1. The van der Waals surface area contributed by atoms with Crippen LogP contribution in [0.3, 0.4) is 0 Å². The first-order valence-electron chi connectivity index (χ1n) is 8.39. The number of hydrogen-bond donors (Lipinski definition) is 1. The van der Waals surface area contributed by atoms with Gasteiger partial charge in [-0.05, 0) is 44.9 Å². The third-order valence-corrected chi connectivity index (χ3v) is 7.46. The number of rotatable bonds is 4. The lowest BCUT2D eigenvalue weighted by molar-refractivity contribution is -0.120. The summed E-state index contributed by atoms with van der Waals surface area (Å²) in [5.41, 5.74) is 0.896. The van der Waals surface area contributed by atoms with Crippen molar-refractivity contribution in [2.75, 3.05) is 18.4 Å². The zero-order valence-electron chi connectivity index (χ0n) is 14.8. The van der Waals surface area contributed by atoms with Crippen LogP contribution in [0.25, 0.3) is 0 Å². The van der Waals surface area contributed by atoms with Gasteiger partial charge in [0.2, 0.25) is 15.9 Å². The number of anilines is 1. The summed E-state index contributed by atoms with van der Waals surface area (Å²) in [6.07, 6.45) is 0.853. The van der Waals surface area contributed by atoms with E-state index in [-0.39, 0.29) is 35.6 Å². The van der Waals surface area contributed by atoms with Crippen LogP contribution in [0, 0.1) is 19.8 Å². The number of nitrogens with zero attached hydrogens (tertiary/aromatic N) is 2. The molecule has 0 spiro atoms. The highest BCUT2D eigenvalue weighted by atomic mass is 35.5. The SMILES string of the molecule is Cc1noc(C)c1S(=O)(=O)N1CCC(C(=O)Nc2ccc(Cl)c(Cl)c2)CC1. The summed E-state index contributed by atoms with van der Waals surface area (Å²) < 4.78 is 32.0. The van der Waals surface area contributed by atoms with Gasteiger partial charge in [0.05, 0.1) is 10.0 Å². The van der Waals surface area contributed by atoms with Crippen molar-refractivity contribution < 1.29 is 17.7 Å². The van der Waals surface area contributed by atoms with E-state index in [1.807, 2.05) is 0 Å². The molecule has 1 saturated heterocycles. The Labute approximate surface area is 167 Å². The van der Waals surface area contributed by atoms with Crippen molar-refractivity contribution in [1.82, 2.24) is 9.46 Å². The summed E-state index contributed by atoms with van der Waals surface area (Å²) in [6.45, 7) is 3.68. The molecule has 0 atom stereocenters. The summed E-state index contributed by atoms with van der Waals surface area (Å²) in [4.78, 5) is 12.6. The van der Waals surface area contributed by atoms with Gasteiger partial charge in [0, 0.05) is 24.7 Å². The van der Waals surface area contributed by atoms with Crippen molar-refractivity contribution in [1.29, 1.82) is 0 Å². The van der Waals surface area contributed by atoms with Crippen molar-refractivity contribution in [3.63, 3.8) is 0 Å². The molecule has 2 aromatic rings. The predicted octanol–water partition coefficient (Wildman–Crippen LogP) is 3.64. The van der Waals surface area contributed by atoms with Crippen LogP contribution in [-0.4, -0.2) is 36.9 Å². The molecule has 1 fully saturated rings. The maximum Gasteiger partial charge on any atom is 0.248 e. The zero-order valence-corrected chi connectivity index (χ0v) is 17.2. The molecule has 146 valence electrons. The standard InChI is InChI=1S/C17H19Cl2N3O4S/c1-10-16(11(2)26-21-10)27(24,25)22-7-5-12(6-8-22)17(23)20-13-3-4-14(18)15(19)9-13/h3-4,9,12H,5-8H2,1-2H3,(H,20,23). The molecule has 0 bridgehead atoms. The van der Waals surface area contributed by atoms with Gasteiger partial charge in [-0.3, -0.25) is 4.79 Å². The second-order valence-electron chi connectivity index (χ2n) is 6.45. The molecule has 0 saturated carbocycles. The number of aryl methyl sites for hydroxylation is 2. The average molecular weight is 432 g/mol. The van der Waals surface area contributed by atoms with E-state index in [0.717, 1.165) is 0 Å². The van der Waals surface area contributed by atoms with E-state index in [9.17, 15) is 13.2 Å². The van der Waals surface area contributed by atoms with Crippen molar-refractivity contribution in [2.45, 2.75) is 31.6 Å². The van der Waals surface area contributed by atoms with Crippen LogP contribution in [0.4, 0.5) is 5.69 Å². The summed E-state index contributed by atoms with van der Waals surface area (Å²) in [5, 5.41) is 7.29. The number of benzene rings is 1. The molecule has 7 nitrogen and oxygen atoms in total. The Morgan fingerprint density at radius 3 is 2.44 bits per heavy atom. The number of carbonyl (C=O) groups is 1. The number of sulfonamides is 1. The van der Waals surface area contributed by atoms with Crippen molar-refractivity contribution in [2.24, 2.45) is 5.92 Å². The number of hydrogen-bond acceptors (Lipinski definition) is 5. The Kier molecular flexibility index (Phi) is 5.81. The Morgan fingerprint density at radius 1 is 1.22 bits per heavy atom. The summed E-state index contributed by atoms with van der Waals surface area (Å²) in [7, 11) is -3.69. The Morgan fingerprint density at radius 2 is 1.89 bits per heavy atom. The van der Waals surface area contributed by atoms with Crippen LogP contribution < -0.4 is 5.32 Å². The quantitative estimate of drug-likeness (QED) is 0.797. The van der Waals surface area contributed by atoms with Gasteiger partial charge < -0.3 is 9.84 Å². The molecule has 3 rings (SSSR count). The van der Waals surface area contributed by atoms with E-state index in [0.29, 0.717) is 34.3 Å². The fraction of sp³-hybridized carbons (Fsp3) is 0.412. The second-order valence-corrected chi connectivity index (χ2v) is 9.14. The second kappa shape index (κ2) is 7.79. The molecule has 1 amide bonds. The molecule has 1 aromatic carbocycles. The van der Waals surface area contributed by atoms with E-state index in [1.165, 1.54) is 4.31 Å². The Bertz CT molecular complexity index is 947. The lowest BCUT2D eigenvalue weighted by Gasteiger charge is -2.30. The topological polar surface area (TPSA) is 92.5 Å². The van der Waals surface area contributed by atoms with Crippen LogP contribution >= 0.6 is 23.2 Å². The molecule has 1 aliphatic heterocycles. The van der Waals surface area contributed by atoms with Crippen LogP contribution in [0.2, 0.25) is 10.0 Å². The Hall–Kier alpha value is -1.61. The van der Waals surface area contributed by atoms with E-state index in [1.54, 1.807) is 32.0 Å². The minimum atomic E-state index is -3.69. The fourth-order valence-electron chi connectivity index (χ4n) is 3.15. The van der Waals surface area contributed by atoms with Crippen LogP contribution in [0.15, 0.2) is 27.6 Å². The lowest BCUT2D eigenvalue weighted by Crippen LogP contribution is -2.41. The minimum Gasteiger partial charge on any atom is -0.360 e. The molecule has 1 aromatic heterocycles. The molecule has 1 aliphatic rings. The highest BCUT2D eigenvalue weighted by Crippen LogP contribution is 2.29. The van der Waals surface area contributed by atoms with Gasteiger partial charge in [0.25, 0.3) is 0 Å². The maximum absolute atomic E-state index is 12.8. The molecule has 27 heavy (non-hydrogen) atoms. The van der Waals surface area contributed by atoms with Gasteiger partial charge in [-0.25, -0.2) is 8.42 Å². The van der Waals surface area contributed by atoms with Crippen molar-refractivity contribution in [3.05, 3.63) is 39.7 Å². The average Bonchev–Trinajstić information content (AvgIpc) is 2.97. The molecule has 2 heterocycles. The molecule has 0 aliphatic carbocycles. The van der Waals surface area contributed by atoms with Gasteiger partial charge in [-0.2, -0.15) is 4.31 Å². The Balaban J connectivity index is 1.64. The van der Waals surface area contributed by atoms with Crippen LogP contribution in [0.1, 0.15) is 24.3 Å². The molecular weight excluding hydrogens is 413 g/mol.